The topological polar surface area (TPSA) is 56.8 Å². The molecule has 1 amide bonds. The van der Waals surface area contributed by atoms with Crippen LogP contribution in [-0.2, 0) is 0 Å². The third-order valence-electron chi connectivity index (χ3n) is 4.45. The molecule has 5 nitrogen and oxygen atoms in total. The highest BCUT2D eigenvalue weighted by Gasteiger charge is 2.23. The van der Waals surface area contributed by atoms with Crippen molar-refractivity contribution < 1.29 is 19.0 Å². The summed E-state index contributed by atoms with van der Waals surface area (Å²) < 4.78 is 16.8. The second kappa shape index (κ2) is 8.61. The Hall–Kier alpha value is -2.69. The Morgan fingerprint density at radius 3 is 2.88 bits per heavy atom. The van der Waals surface area contributed by atoms with Gasteiger partial charge in [-0.1, -0.05) is 31.5 Å². The van der Waals surface area contributed by atoms with Crippen molar-refractivity contribution in [1.29, 1.82) is 0 Å². The van der Waals surface area contributed by atoms with Crippen molar-refractivity contribution >= 4 is 5.91 Å². The van der Waals surface area contributed by atoms with Crippen LogP contribution in [0.15, 0.2) is 42.5 Å². The molecule has 1 heterocycles. The Morgan fingerprint density at radius 1 is 1.23 bits per heavy atom. The van der Waals surface area contributed by atoms with E-state index < -0.39 is 0 Å². The largest absolute Gasteiger partial charge is 0.493 e. The van der Waals surface area contributed by atoms with Crippen molar-refractivity contribution in [2.24, 2.45) is 0 Å². The van der Waals surface area contributed by atoms with E-state index in [0.717, 1.165) is 30.6 Å². The van der Waals surface area contributed by atoms with Gasteiger partial charge >= 0.3 is 0 Å². The van der Waals surface area contributed by atoms with Gasteiger partial charge in [-0.05, 0) is 30.7 Å². The first-order valence-corrected chi connectivity index (χ1v) is 9.06. The number of carbonyl (C=O) groups is 1. The molecule has 0 aliphatic carbocycles. The third-order valence-corrected chi connectivity index (χ3v) is 4.45. The summed E-state index contributed by atoms with van der Waals surface area (Å²) in [5.41, 5.74) is 1.56. The van der Waals surface area contributed by atoms with Crippen molar-refractivity contribution in [3.63, 3.8) is 0 Å². The number of methoxy groups -OCH3 is 1. The number of hydrogen-bond donors (Lipinski definition) is 1. The highest BCUT2D eigenvalue weighted by molar-refractivity contribution is 5.95. The molecule has 0 aromatic heterocycles. The molecular weight excluding hydrogens is 330 g/mol. The van der Waals surface area contributed by atoms with Crippen molar-refractivity contribution in [2.45, 2.75) is 32.2 Å². The van der Waals surface area contributed by atoms with Gasteiger partial charge in [0.2, 0.25) is 0 Å². The number of benzene rings is 2. The van der Waals surface area contributed by atoms with Crippen molar-refractivity contribution in [1.82, 2.24) is 5.32 Å². The summed E-state index contributed by atoms with van der Waals surface area (Å²) in [4.78, 5) is 12.7. The molecule has 1 aliphatic rings. The fourth-order valence-corrected chi connectivity index (χ4v) is 2.99. The predicted molar refractivity (Wildman–Crippen MR) is 100 cm³/mol. The van der Waals surface area contributed by atoms with Crippen molar-refractivity contribution in [2.75, 3.05) is 20.3 Å². The van der Waals surface area contributed by atoms with E-state index in [0.29, 0.717) is 30.3 Å². The average Bonchev–Trinajstić information content (AvgIpc) is 2.68. The van der Waals surface area contributed by atoms with Gasteiger partial charge < -0.3 is 19.5 Å². The fraction of sp³-hybridized carbons (Fsp3) is 0.381. The van der Waals surface area contributed by atoms with E-state index in [9.17, 15) is 4.79 Å². The molecule has 5 heteroatoms. The molecule has 26 heavy (non-hydrogen) atoms. The van der Waals surface area contributed by atoms with E-state index in [1.165, 1.54) is 0 Å². The van der Waals surface area contributed by atoms with Gasteiger partial charge in [-0.25, -0.2) is 0 Å². The highest BCUT2D eigenvalue weighted by Crippen LogP contribution is 2.32. The lowest BCUT2D eigenvalue weighted by molar-refractivity contribution is 0.0924. The van der Waals surface area contributed by atoms with Crippen molar-refractivity contribution in [3.05, 3.63) is 53.6 Å². The number of rotatable bonds is 7. The summed E-state index contributed by atoms with van der Waals surface area (Å²) in [6, 6.07) is 13.0. The van der Waals surface area contributed by atoms with Crippen LogP contribution in [0.5, 0.6) is 17.2 Å². The van der Waals surface area contributed by atoms with E-state index >= 15 is 0 Å². The van der Waals surface area contributed by atoms with Gasteiger partial charge in [0.1, 0.15) is 5.75 Å². The van der Waals surface area contributed by atoms with Crippen LogP contribution in [0.1, 0.15) is 48.1 Å². The quantitative estimate of drug-likeness (QED) is 0.759. The van der Waals surface area contributed by atoms with Crippen LogP contribution in [0.25, 0.3) is 0 Å². The molecule has 138 valence electrons. The minimum Gasteiger partial charge on any atom is -0.493 e. The Labute approximate surface area is 154 Å². The van der Waals surface area contributed by atoms with E-state index in [1.54, 1.807) is 25.3 Å². The first kappa shape index (κ1) is 18.1. The van der Waals surface area contributed by atoms with E-state index in [1.807, 2.05) is 24.3 Å². The lowest BCUT2D eigenvalue weighted by Gasteiger charge is -2.26. The van der Waals surface area contributed by atoms with Crippen LogP contribution in [-0.4, -0.2) is 26.2 Å². The smallest absolute Gasteiger partial charge is 0.251 e. The molecule has 0 saturated heterocycles. The summed E-state index contributed by atoms with van der Waals surface area (Å²) in [6.45, 7) is 3.34. The number of amides is 1. The fourth-order valence-electron chi connectivity index (χ4n) is 2.99. The van der Waals surface area contributed by atoms with Crippen molar-refractivity contribution in [3.8, 4) is 17.2 Å². The maximum absolute atomic E-state index is 12.7. The Bertz CT molecular complexity index is 759. The Morgan fingerprint density at radius 2 is 2.08 bits per heavy atom. The van der Waals surface area contributed by atoms with Gasteiger partial charge in [0.25, 0.3) is 5.91 Å². The van der Waals surface area contributed by atoms with Gasteiger partial charge in [0, 0.05) is 17.5 Å². The second-order valence-electron chi connectivity index (χ2n) is 6.27. The summed E-state index contributed by atoms with van der Waals surface area (Å²) in [5, 5.41) is 3.10. The number of carbonyl (C=O) groups excluding carboxylic acids is 1. The number of fused-ring (bicyclic) bond motifs is 1. The first-order chi connectivity index (χ1) is 12.7. The van der Waals surface area contributed by atoms with Crippen LogP contribution >= 0.6 is 0 Å². The van der Waals surface area contributed by atoms with Crippen LogP contribution in [0.4, 0.5) is 0 Å². The van der Waals surface area contributed by atoms with Gasteiger partial charge in [0.15, 0.2) is 11.5 Å². The van der Waals surface area contributed by atoms with Gasteiger partial charge in [-0.15, -0.1) is 0 Å². The van der Waals surface area contributed by atoms with Gasteiger partial charge in [-0.3, -0.25) is 4.79 Å². The standard InChI is InChI=1S/C21H25NO4/c1-3-4-12-25-19-10-9-15(14-20(19)24-2)21(23)22-17-11-13-26-18-8-6-5-7-16(17)18/h5-10,14,17H,3-4,11-13H2,1-2H3,(H,22,23). The molecule has 0 radical (unpaired) electrons. The molecule has 1 atom stereocenters. The van der Waals surface area contributed by atoms with Crippen LogP contribution in [0, 0.1) is 0 Å². The summed E-state index contributed by atoms with van der Waals surface area (Å²) in [6.07, 6.45) is 2.79. The number of ether oxygens (including phenoxy) is 3. The van der Waals surface area contributed by atoms with Crippen LogP contribution in [0.2, 0.25) is 0 Å². The van der Waals surface area contributed by atoms with Gasteiger partial charge in [-0.2, -0.15) is 0 Å². The van der Waals surface area contributed by atoms with E-state index in [4.69, 9.17) is 14.2 Å². The number of unbranched alkanes of at least 4 members (excludes halogenated alkanes) is 1. The zero-order valence-corrected chi connectivity index (χ0v) is 15.3. The SMILES string of the molecule is CCCCOc1ccc(C(=O)NC2CCOc3ccccc32)cc1OC. The minimum absolute atomic E-state index is 0.0566. The molecule has 2 aromatic carbocycles. The maximum Gasteiger partial charge on any atom is 0.251 e. The monoisotopic (exact) mass is 355 g/mol. The zero-order chi connectivity index (χ0) is 18.4. The summed E-state index contributed by atoms with van der Waals surface area (Å²) >= 11 is 0. The minimum atomic E-state index is -0.134. The van der Waals surface area contributed by atoms with E-state index in [-0.39, 0.29) is 11.9 Å². The molecular formula is C21H25NO4. The molecule has 3 rings (SSSR count). The first-order valence-electron chi connectivity index (χ1n) is 9.06. The molecule has 0 bridgehead atoms. The summed E-state index contributed by atoms with van der Waals surface area (Å²) in [5.74, 6) is 1.93. The molecule has 2 aromatic rings. The molecule has 0 fully saturated rings. The normalized spacial score (nSPS) is 15.5. The summed E-state index contributed by atoms with van der Waals surface area (Å²) in [7, 11) is 1.58. The number of hydrogen-bond acceptors (Lipinski definition) is 4. The lowest BCUT2D eigenvalue weighted by Crippen LogP contribution is -2.32. The lowest BCUT2D eigenvalue weighted by atomic mass is 10.00. The van der Waals surface area contributed by atoms with Gasteiger partial charge in [0.05, 0.1) is 26.4 Å². The molecule has 0 saturated carbocycles. The van der Waals surface area contributed by atoms with Crippen LogP contribution in [0.3, 0.4) is 0 Å². The highest BCUT2D eigenvalue weighted by atomic mass is 16.5. The Kier molecular flexibility index (Phi) is 6.00. The zero-order valence-electron chi connectivity index (χ0n) is 15.3. The predicted octanol–water partition coefficient (Wildman–Crippen LogP) is 4.13. The maximum atomic E-state index is 12.7. The molecule has 1 N–H and O–H groups in total. The number of para-hydroxylation sites is 1. The average molecular weight is 355 g/mol. The number of nitrogens with one attached hydrogen (secondary N) is 1. The third kappa shape index (κ3) is 4.10. The van der Waals surface area contributed by atoms with E-state index in [2.05, 4.69) is 12.2 Å². The Balaban J connectivity index is 1.72. The molecule has 1 aliphatic heterocycles. The molecule has 0 spiro atoms. The second-order valence-corrected chi connectivity index (χ2v) is 6.27. The van der Waals surface area contributed by atoms with Crippen LogP contribution < -0.4 is 19.5 Å². The molecule has 1 unspecified atom stereocenters.